The number of ether oxygens (including phenoxy) is 1. The first-order valence-corrected chi connectivity index (χ1v) is 9.37. The van der Waals surface area contributed by atoms with Gasteiger partial charge in [-0.1, -0.05) is 19.6 Å². The molecule has 1 aliphatic rings. The van der Waals surface area contributed by atoms with Crippen molar-refractivity contribution >= 4 is 8.07 Å². The van der Waals surface area contributed by atoms with Crippen LogP contribution in [0.1, 0.15) is 13.3 Å². The van der Waals surface area contributed by atoms with Crippen LogP contribution in [0.5, 0.6) is 0 Å². The molecule has 1 saturated heterocycles. The molecule has 0 radical (unpaired) electrons. The van der Waals surface area contributed by atoms with Gasteiger partial charge in [0.05, 0.1) is 6.10 Å². The summed E-state index contributed by atoms with van der Waals surface area (Å²) in [5.74, 6) is 0. The predicted molar refractivity (Wildman–Crippen MR) is 64.5 cm³/mol. The van der Waals surface area contributed by atoms with E-state index in [0.29, 0.717) is 11.5 Å². The quantitative estimate of drug-likeness (QED) is 0.727. The SMILES string of the molecule is CNCC1(C[Si](C)(C)C)CCOC1C. The third-order valence-electron chi connectivity index (χ3n) is 3.24. The average molecular weight is 215 g/mol. The Morgan fingerprint density at radius 2 is 2.07 bits per heavy atom. The first kappa shape index (κ1) is 12.2. The van der Waals surface area contributed by atoms with Crippen molar-refractivity contribution in [3.63, 3.8) is 0 Å². The summed E-state index contributed by atoms with van der Waals surface area (Å²) in [7, 11) is 1.06. The standard InChI is InChI=1S/C11H25NOSi/c1-10-11(8-12-2,6-7-13-10)9-14(3,4)5/h10,12H,6-9H2,1-5H3. The Kier molecular flexibility index (Phi) is 3.78. The van der Waals surface area contributed by atoms with Gasteiger partial charge >= 0.3 is 0 Å². The minimum atomic E-state index is -0.994. The van der Waals surface area contributed by atoms with Crippen molar-refractivity contribution in [2.75, 3.05) is 20.2 Å². The van der Waals surface area contributed by atoms with Crippen molar-refractivity contribution in [3.05, 3.63) is 0 Å². The Balaban J connectivity index is 2.71. The summed E-state index contributed by atoms with van der Waals surface area (Å²) in [5, 5.41) is 3.35. The zero-order valence-corrected chi connectivity index (χ0v) is 11.3. The maximum atomic E-state index is 5.75. The molecule has 2 nitrogen and oxygen atoms in total. The molecule has 2 unspecified atom stereocenters. The molecule has 1 heterocycles. The van der Waals surface area contributed by atoms with Crippen LogP contribution in [-0.2, 0) is 4.74 Å². The van der Waals surface area contributed by atoms with E-state index in [9.17, 15) is 0 Å². The van der Waals surface area contributed by atoms with Gasteiger partial charge in [-0.2, -0.15) is 0 Å². The van der Waals surface area contributed by atoms with Gasteiger partial charge in [0.1, 0.15) is 0 Å². The fourth-order valence-corrected chi connectivity index (χ4v) is 5.46. The molecule has 1 N–H and O–H groups in total. The highest BCUT2D eigenvalue weighted by Crippen LogP contribution is 2.41. The lowest BCUT2D eigenvalue weighted by atomic mass is 9.83. The second kappa shape index (κ2) is 4.33. The molecule has 0 aromatic rings. The fourth-order valence-electron chi connectivity index (χ4n) is 2.75. The van der Waals surface area contributed by atoms with Gasteiger partial charge in [0.15, 0.2) is 0 Å². The average Bonchev–Trinajstić information content (AvgIpc) is 2.30. The van der Waals surface area contributed by atoms with Crippen molar-refractivity contribution in [2.24, 2.45) is 5.41 Å². The molecule has 0 saturated carbocycles. The highest BCUT2D eigenvalue weighted by molar-refractivity contribution is 6.76. The number of hydrogen-bond acceptors (Lipinski definition) is 2. The van der Waals surface area contributed by atoms with Crippen LogP contribution in [0, 0.1) is 5.41 Å². The fraction of sp³-hybridized carbons (Fsp3) is 1.00. The van der Waals surface area contributed by atoms with Gasteiger partial charge in [-0.05, 0) is 26.4 Å². The molecule has 0 spiro atoms. The van der Waals surface area contributed by atoms with E-state index in [1.807, 2.05) is 0 Å². The third-order valence-corrected chi connectivity index (χ3v) is 5.01. The van der Waals surface area contributed by atoms with E-state index in [2.05, 4.69) is 38.9 Å². The molecule has 0 amide bonds. The van der Waals surface area contributed by atoms with Gasteiger partial charge in [0.2, 0.25) is 0 Å². The van der Waals surface area contributed by atoms with E-state index < -0.39 is 8.07 Å². The van der Waals surface area contributed by atoms with Crippen molar-refractivity contribution in [3.8, 4) is 0 Å². The Morgan fingerprint density at radius 1 is 1.43 bits per heavy atom. The summed E-state index contributed by atoms with van der Waals surface area (Å²) in [6, 6.07) is 1.38. The van der Waals surface area contributed by atoms with Crippen LogP contribution < -0.4 is 5.32 Å². The van der Waals surface area contributed by atoms with Gasteiger partial charge in [-0.3, -0.25) is 0 Å². The number of hydrogen-bond donors (Lipinski definition) is 1. The highest BCUT2D eigenvalue weighted by Gasteiger charge is 2.43. The summed E-state index contributed by atoms with van der Waals surface area (Å²) in [4.78, 5) is 0. The largest absolute Gasteiger partial charge is 0.378 e. The van der Waals surface area contributed by atoms with E-state index in [4.69, 9.17) is 4.74 Å². The van der Waals surface area contributed by atoms with E-state index >= 15 is 0 Å². The highest BCUT2D eigenvalue weighted by atomic mass is 28.3. The zero-order chi connectivity index (χ0) is 10.8. The first-order chi connectivity index (χ1) is 6.40. The minimum Gasteiger partial charge on any atom is -0.378 e. The van der Waals surface area contributed by atoms with Gasteiger partial charge in [-0.25, -0.2) is 0 Å². The molecule has 0 aromatic heterocycles. The molecule has 84 valence electrons. The Bertz CT molecular complexity index is 190. The van der Waals surface area contributed by atoms with Crippen LogP contribution in [0.4, 0.5) is 0 Å². The molecule has 1 fully saturated rings. The molecule has 0 aromatic carbocycles. The molecule has 0 aliphatic carbocycles. The zero-order valence-electron chi connectivity index (χ0n) is 10.3. The van der Waals surface area contributed by atoms with Crippen LogP contribution in [0.15, 0.2) is 0 Å². The Hall–Kier alpha value is 0.137. The third kappa shape index (κ3) is 2.81. The van der Waals surface area contributed by atoms with Crippen molar-refractivity contribution in [1.29, 1.82) is 0 Å². The Labute approximate surface area is 89.4 Å². The van der Waals surface area contributed by atoms with Crippen LogP contribution in [0.3, 0.4) is 0 Å². The van der Waals surface area contributed by atoms with E-state index in [-0.39, 0.29) is 0 Å². The predicted octanol–water partition coefficient (Wildman–Crippen LogP) is 2.34. The molecule has 2 atom stereocenters. The van der Waals surface area contributed by atoms with Crippen molar-refractivity contribution < 1.29 is 4.74 Å². The summed E-state index contributed by atoms with van der Waals surface area (Å²) >= 11 is 0. The number of rotatable bonds is 4. The van der Waals surface area contributed by atoms with Crippen molar-refractivity contribution in [1.82, 2.24) is 5.32 Å². The molecule has 0 bridgehead atoms. The lowest BCUT2D eigenvalue weighted by Crippen LogP contribution is -2.43. The van der Waals surface area contributed by atoms with E-state index in [1.165, 1.54) is 12.5 Å². The molecule has 1 aliphatic heterocycles. The second-order valence-electron chi connectivity index (χ2n) is 5.89. The second-order valence-corrected chi connectivity index (χ2v) is 11.4. The normalized spacial score (nSPS) is 33.6. The lowest BCUT2D eigenvalue weighted by molar-refractivity contribution is 0.0720. The first-order valence-electron chi connectivity index (χ1n) is 5.66. The van der Waals surface area contributed by atoms with Gasteiger partial charge in [0, 0.05) is 26.6 Å². The van der Waals surface area contributed by atoms with Crippen LogP contribution in [0.2, 0.25) is 25.7 Å². The molecular formula is C11H25NOSi. The van der Waals surface area contributed by atoms with E-state index in [0.717, 1.165) is 13.2 Å². The van der Waals surface area contributed by atoms with Crippen LogP contribution in [-0.4, -0.2) is 34.4 Å². The Morgan fingerprint density at radius 3 is 2.43 bits per heavy atom. The summed E-state index contributed by atoms with van der Waals surface area (Å²) < 4.78 is 5.75. The number of nitrogens with one attached hydrogen (secondary N) is 1. The molecule has 3 heteroatoms. The maximum Gasteiger partial charge on any atom is 0.0613 e. The summed E-state index contributed by atoms with van der Waals surface area (Å²) in [5.41, 5.74) is 0.416. The van der Waals surface area contributed by atoms with Gasteiger partial charge in [-0.15, -0.1) is 0 Å². The molecule has 14 heavy (non-hydrogen) atoms. The van der Waals surface area contributed by atoms with E-state index in [1.54, 1.807) is 0 Å². The lowest BCUT2D eigenvalue weighted by Gasteiger charge is -2.37. The monoisotopic (exact) mass is 215 g/mol. The molecule has 1 rings (SSSR count). The van der Waals surface area contributed by atoms with Crippen LogP contribution >= 0.6 is 0 Å². The van der Waals surface area contributed by atoms with Gasteiger partial charge < -0.3 is 10.1 Å². The topological polar surface area (TPSA) is 21.3 Å². The van der Waals surface area contributed by atoms with Crippen molar-refractivity contribution in [2.45, 2.75) is 45.1 Å². The van der Waals surface area contributed by atoms with Crippen LogP contribution in [0.25, 0.3) is 0 Å². The smallest absolute Gasteiger partial charge is 0.0613 e. The summed E-state index contributed by atoms with van der Waals surface area (Å²) in [6.07, 6.45) is 1.67. The minimum absolute atomic E-state index is 0.416. The maximum absolute atomic E-state index is 5.75. The summed E-state index contributed by atoms with van der Waals surface area (Å²) in [6.45, 7) is 11.7. The van der Waals surface area contributed by atoms with Gasteiger partial charge in [0.25, 0.3) is 0 Å². The molecular weight excluding hydrogens is 190 g/mol.